The van der Waals surface area contributed by atoms with Gasteiger partial charge < -0.3 is 5.11 Å². The van der Waals surface area contributed by atoms with E-state index < -0.39 is 11.5 Å². The number of fused-ring (bicyclic) bond motifs is 1. The molecule has 5 unspecified atom stereocenters. The Balaban J connectivity index is 2.33. The van der Waals surface area contributed by atoms with Crippen LogP contribution in [0.3, 0.4) is 0 Å². The molecule has 2 aliphatic rings. The molecule has 0 amide bonds. The van der Waals surface area contributed by atoms with Crippen molar-refractivity contribution in [1.29, 1.82) is 0 Å². The largest absolute Gasteiger partial charge is 0.392 e. The van der Waals surface area contributed by atoms with Crippen LogP contribution in [-0.2, 0) is 4.79 Å². The summed E-state index contributed by atoms with van der Waals surface area (Å²) in [5.74, 6) is 1.49. The third kappa shape index (κ3) is 1.77. The minimum absolute atomic E-state index is 0.194. The molecule has 1 N–H and O–H groups in total. The van der Waals surface area contributed by atoms with Crippen molar-refractivity contribution in [2.45, 2.75) is 52.6 Å². The fourth-order valence-corrected chi connectivity index (χ4v) is 4.17. The van der Waals surface area contributed by atoms with E-state index in [1.807, 2.05) is 6.92 Å². The van der Waals surface area contributed by atoms with Gasteiger partial charge in [-0.3, -0.25) is 4.79 Å². The summed E-state index contributed by atoms with van der Waals surface area (Å²) in [7, 11) is 0. The van der Waals surface area contributed by atoms with E-state index in [4.69, 9.17) is 0 Å². The van der Waals surface area contributed by atoms with Gasteiger partial charge in [-0.2, -0.15) is 0 Å². The summed E-state index contributed by atoms with van der Waals surface area (Å²) in [6.45, 7) is 9.95. The average Bonchev–Trinajstić information content (AvgIpc) is 2.58. The van der Waals surface area contributed by atoms with Crippen LogP contribution in [0.25, 0.3) is 0 Å². The van der Waals surface area contributed by atoms with Crippen LogP contribution in [0.4, 0.5) is 0 Å². The number of hydrogen-bond acceptors (Lipinski definition) is 2. The number of carbonyl (C=O) groups is 1. The smallest absolute Gasteiger partial charge is 0.138 e. The Hall–Kier alpha value is -0.630. The van der Waals surface area contributed by atoms with E-state index in [9.17, 15) is 9.90 Å². The molecule has 0 aromatic heterocycles. The topological polar surface area (TPSA) is 37.3 Å². The van der Waals surface area contributed by atoms with Crippen LogP contribution in [0.15, 0.2) is 12.2 Å². The summed E-state index contributed by atoms with van der Waals surface area (Å²) < 4.78 is 0. The lowest BCUT2D eigenvalue weighted by Crippen LogP contribution is -2.50. The van der Waals surface area contributed by atoms with Crippen molar-refractivity contribution < 1.29 is 9.90 Å². The molecule has 0 saturated heterocycles. The molecule has 0 heterocycles. The molecule has 2 rings (SSSR count). The highest BCUT2D eigenvalue weighted by atomic mass is 16.3. The standard InChI is InChI=1S/C15H24O2/c1-9(2)12-7-13-10(3)5-6-15(13,11(4)16)14(17)8-12/h10,12-14,17H,1,5-8H2,2-4H3. The number of aliphatic hydroxyl groups is 1. The molecule has 2 aliphatic carbocycles. The number of ketones is 1. The molecule has 2 fully saturated rings. The van der Waals surface area contributed by atoms with Crippen LogP contribution in [0, 0.1) is 23.2 Å². The normalized spacial score (nSPS) is 45.4. The molecule has 0 radical (unpaired) electrons. The molecule has 2 heteroatoms. The molecule has 96 valence electrons. The van der Waals surface area contributed by atoms with Gasteiger partial charge in [0.1, 0.15) is 5.78 Å². The summed E-state index contributed by atoms with van der Waals surface area (Å²) in [5.41, 5.74) is 0.714. The minimum Gasteiger partial charge on any atom is -0.392 e. The fraction of sp³-hybridized carbons (Fsp3) is 0.800. The summed E-state index contributed by atoms with van der Waals surface area (Å²) in [6, 6.07) is 0. The van der Waals surface area contributed by atoms with Crippen LogP contribution < -0.4 is 0 Å². The molecule has 0 aromatic rings. The molecular weight excluding hydrogens is 212 g/mol. The van der Waals surface area contributed by atoms with E-state index in [1.54, 1.807) is 6.92 Å². The Morgan fingerprint density at radius 1 is 1.35 bits per heavy atom. The zero-order valence-corrected chi connectivity index (χ0v) is 11.2. The second-order valence-corrected chi connectivity index (χ2v) is 6.25. The first-order valence-electron chi connectivity index (χ1n) is 6.74. The Morgan fingerprint density at radius 2 is 2.00 bits per heavy atom. The second kappa shape index (κ2) is 4.24. The zero-order valence-electron chi connectivity index (χ0n) is 11.2. The maximum atomic E-state index is 12.1. The first-order valence-corrected chi connectivity index (χ1v) is 6.74. The maximum Gasteiger partial charge on any atom is 0.138 e. The molecular formula is C15H24O2. The van der Waals surface area contributed by atoms with E-state index in [0.717, 1.165) is 31.3 Å². The zero-order chi connectivity index (χ0) is 12.8. The van der Waals surface area contributed by atoms with Gasteiger partial charge in [-0.1, -0.05) is 19.1 Å². The van der Waals surface area contributed by atoms with Gasteiger partial charge in [0.05, 0.1) is 11.5 Å². The van der Waals surface area contributed by atoms with E-state index in [2.05, 4.69) is 13.5 Å². The number of rotatable bonds is 2. The van der Waals surface area contributed by atoms with Crippen molar-refractivity contribution in [3.63, 3.8) is 0 Å². The number of aliphatic hydroxyl groups excluding tert-OH is 1. The van der Waals surface area contributed by atoms with Crippen LogP contribution in [0.2, 0.25) is 0 Å². The SMILES string of the molecule is C=C(C)C1CC(O)C2(C(C)=O)CCC(C)C2C1. The lowest BCUT2D eigenvalue weighted by molar-refractivity contribution is -0.143. The Bertz CT molecular complexity index is 347. The Labute approximate surface area is 104 Å². The fourth-order valence-electron chi connectivity index (χ4n) is 4.17. The van der Waals surface area contributed by atoms with Crippen molar-refractivity contribution in [2.24, 2.45) is 23.2 Å². The van der Waals surface area contributed by atoms with Gasteiger partial charge in [-0.15, -0.1) is 0 Å². The lowest BCUT2D eigenvalue weighted by atomic mass is 9.59. The number of allylic oxidation sites excluding steroid dienone is 1. The van der Waals surface area contributed by atoms with Crippen molar-refractivity contribution in [3.05, 3.63) is 12.2 Å². The molecule has 2 nitrogen and oxygen atoms in total. The minimum atomic E-state index is -0.467. The quantitative estimate of drug-likeness (QED) is 0.748. The number of Topliss-reactive ketones (excluding diaryl/α,β-unsaturated/α-hetero) is 1. The van der Waals surface area contributed by atoms with E-state index in [-0.39, 0.29) is 5.78 Å². The molecule has 5 atom stereocenters. The van der Waals surface area contributed by atoms with Crippen molar-refractivity contribution in [1.82, 2.24) is 0 Å². The van der Waals surface area contributed by atoms with E-state index in [1.165, 1.54) is 0 Å². The van der Waals surface area contributed by atoms with Crippen LogP contribution in [0.1, 0.15) is 46.5 Å². The first-order chi connectivity index (χ1) is 7.89. The molecule has 17 heavy (non-hydrogen) atoms. The second-order valence-electron chi connectivity index (χ2n) is 6.25. The summed E-state index contributed by atoms with van der Waals surface area (Å²) in [4.78, 5) is 12.1. The van der Waals surface area contributed by atoms with E-state index >= 15 is 0 Å². The molecule has 2 saturated carbocycles. The molecule has 0 spiro atoms. The van der Waals surface area contributed by atoms with Crippen molar-refractivity contribution in [2.75, 3.05) is 0 Å². The molecule has 0 aliphatic heterocycles. The maximum absolute atomic E-state index is 12.1. The molecule has 0 aromatic carbocycles. The van der Waals surface area contributed by atoms with Crippen LogP contribution in [0.5, 0.6) is 0 Å². The Morgan fingerprint density at radius 3 is 2.53 bits per heavy atom. The highest BCUT2D eigenvalue weighted by molar-refractivity contribution is 5.84. The average molecular weight is 236 g/mol. The van der Waals surface area contributed by atoms with Gasteiger partial charge in [0, 0.05) is 0 Å². The monoisotopic (exact) mass is 236 g/mol. The van der Waals surface area contributed by atoms with Crippen LogP contribution >= 0.6 is 0 Å². The summed E-state index contributed by atoms with van der Waals surface area (Å²) >= 11 is 0. The predicted octanol–water partition coefficient (Wildman–Crippen LogP) is 2.95. The summed E-state index contributed by atoms with van der Waals surface area (Å²) in [6.07, 6.45) is 3.23. The third-order valence-electron chi connectivity index (χ3n) is 5.36. The predicted molar refractivity (Wildman–Crippen MR) is 68.5 cm³/mol. The lowest BCUT2D eigenvalue weighted by Gasteiger charge is -2.46. The van der Waals surface area contributed by atoms with Crippen LogP contribution in [-0.4, -0.2) is 17.0 Å². The van der Waals surface area contributed by atoms with Gasteiger partial charge in [0.2, 0.25) is 0 Å². The van der Waals surface area contributed by atoms with Crippen molar-refractivity contribution >= 4 is 5.78 Å². The van der Waals surface area contributed by atoms with Gasteiger partial charge >= 0.3 is 0 Å². The summed E-state index contributed by atoms with van der Waals surface area (Å²) in [5, 5.41) is 10.5. The van der Waals surface area contributed by atoms with Gasteiger partial charge in [0.25, 0.3) is 0 Å². The van der Waals surface area contributed by atoms with Crippen molar-refractivity contribution in [3.8, 4) is 0 Å². The first kappa shape index (κ1) is 12.8. The van der Waals surface area contributed by atoms with Gasteiger partial charge in [-0.25, -0.2) is 0 Å². The highest BCUT2D eigenvalue weighted by Crippen LogP contribution is 2.57. The number of hydrogen-bond donors (Lipinski definition) is 1. The molecule has 0 bridgehead atoms. The number of carbonyl (C=O) groups excluding carboxylic acids is 1. The van der Waals surface area contributed by atoms with E-state index in [0.29, 0.717) is 17.8 Å². The highest BCUT2D eigenvalue weighted by Gasteiger charge is 2.57. The Kier molecular flexibility index (Phi) is 3.19. The van der Waals surface area contributed by atoms with Gasteiger partial charge in [0.15, 0.2) is 0 Å². The third-order valence-corrected chi connectivity index (χ3v) is 5.36. The van der Waals surface area contributed by atoms with Gasteiger partial charge in [-0.05, 0) is 57.3 Å².